The molecular weight excluding hydrogens is 342 g/mol. The average Bonchev–Trinajstić information content (AvgIpc) is 3.22. The maximum Gasteiger partial charge on any atom is 0.274 e. The summed E-state index contributed by atoms with van der Waals surface area (Å²) < 4.78 is 3.36. The van der Waals surface area contributed by atoms with Crippen molar-refractivity contribution >= 4 is 5.91 Å². The third-order valence-corrected chi connectivity index (χ3v) is 4.95. The number of nitrogens with zero attached hydrogens (tertiary/aromatic N) is 5. The van der Waals surface area contributed by atoms with Crippen molar-refractivity contribution in [2.75, 3.05) is 13.1 Å². The normalized spacial score (nSPS) is 15.0. The zero-order valence-electron chi connectivity index (χ0n) is 14.9. The van der Waals surface area contributed by atoms with Crippen LogP contribution in [-0.2, 0) is 6.54 Å². The Labute approximate surface area is 156 Å². The fourth-order valence-electron chi connectivity index (χ4n) is 3.45. The molecule has 4 rings (SSSR count). The Balaban J connectivity index is 1.45. The highest BCUT2D eigenvalue weighted by Crippen LogP contribution is 2.20. The molecule has 0 radical (unpaired) electrons. The Bertz CT molecular complexity index is 958. The Hall–Kier alpha value is -3.22. The van der Waals surface area contributed by atoms with E-state index in [0.29, 0.717) is 30.4 Å². The molecule has 138 valence electrons. The summed E-state index contributed by atoms with van der Waals surface area (Å²) >= 11 is 0. The van der Waals surface area contributed by atoms with E-state index in [4.69, 9.17) is 0 Å². The molecule has 3 heterocycles. The van der Waals surface area contributed by atoms with Crippen molar-refractivity contribution in [3.63, 3.8) is 0 Å². The number of hydrogen-bond donors (Lipinski definition) is 0. The van der Waals surface area contributed by atoms with E-state index in [0.717, 1.165) is 19.4 Å². The van der Waals surface area contributed by atoms with Gasteiger partial charge in [-0.25, -0.2) is 4.98 Å². The van der Waals surface area contributed by atoms with Crippen LogP contribution < -0.4 is 5.56 Å². The van der Waals surface area contributed by atoms with Crippen LogP contribution in [0.5, 0.6) is 0 Å². The number of hydrogen-bond acceptors (Lipinski definition) is 4. The van der Waals surface area contributed by atoms with Crippen molar-refractivity contribution in [1.82, 2.24) is 24.2 Å². The van der Waals surface area contributed by atoms with Crippen molar-refractivity contribution in [3.05, 3.63) is 77.2 Å². The van der Waals surface area contributed by atoms with E-state index in [1.54, 1.807) is 18.3 Å². The maximum atomic E-state index is 12.9. The summed E-state index contributed by atoms with van der Waals surface area (Å²) in [6.07, 6.45) is 7.47. The van der Waals surface area contributed by atoms with Crippen LogP contribution in [0.2, 0.25) is 0 Å². The molecular formula is C20H21N5O2. The van der Waals surface area contributed by atoms with E-state index >= 15 is 0 Å². The lowest BCUT2D eigenvalue weighted by Gasteiger charge is -2.32. The second-order valence-electron chi connectivity index (χ2n) is 6.80. The molecule has 27 heavy (non-hydrogen) atoms. The molecule has 0 unspecified atom stereocenters. The Morgan fingerprint density at radius 2 is 1.85 bits per heavy atom. The first-order chi connectivity index (χ1) is 13.2. The van der Waals surface area contributed by atoms with Crippen molar-refractivity contribution in [2.24, 2.45) is 5.92 Å². The standard InChI is InChI=1S/C20H21N5O2/c26-19-7-6-18(22-25(19)17-4-2-1-3-5-17)20(27)24-11-8-16(9-12-24)14-23-13-10-21-15-23/h1-7,10,13,15-16H,8-9,11-12,14H2. The summed E-state index contributed by atoms with van der Waals surface area (Å²) in [6, 6.07) is 12.1. The van der Waals surface area contributed by atoms with Gasteiger partial charge >= 0.3 is 0 Å². The fourth-order valence-corrected chi connectivity index (χ4v) is 3.45. The van der Waals surface area contributed by atoms with E-state index in [1.807, 2.05) is 35.6 Å². The molecule has 1 aliphatic heterocycles. The van der Waals surface area contributed by atoms with Gasteiger partial charge in [0.15, 0.2) is 0 Å². The number of amides is 1. The molecule has 1 amide bonds. The largest absolute Gasteiger partial charge is 0.337 e. The van der Waals surface area contributed by atoms with Gasteiger partial charge in [-0.2, -0.15) is 9.78 Å². The van der Waals surface area contributed by atoms with Gasteiger partial charge in [0.05, 0.1) is 12.0 Å². The van der Waals surface area contributed by atoms with Crippen molar-refractivity contribution in [2.45, 2.75) is 19.4 Å². The molecule has 3 aromatic rings. The summed E-state index contributed by atoms with van der Waals surface area (Å²) in [6.45, 7) is 2.33. The number of likely N-dealkylation sites (tertiary alicyclic amines) is 1. The van der Waals surface area contributed by atoms with Crippen LogP contribution in [0.15, 0.2) is 66.0 Å². The topological polar surface area (TPSA) is 73.0 Å². The van der Waals surface area contributed by atoms with Gasteiger partial charge in [0.1, 0.15) is 5.69 Å². The van der Waals surface area contributed by atoms with Crippen LogP contribution in [0, 0.1) is 5.92 Å². The number of rotatable bonds is 4. The average molecular weight is 363 g/mol. The minimum Gasteiger partial charge on any atom is -0.337 e. The van der Waals surface area contributed by atoms with Gasteiger partial charge in [0.2, 0.25) is 0 Å². The van der Waals surface area contributed by atoms with Gasteiger partial charge in [0.25, 0.3) is 11.5 Å². The molecule has 1 aromatic carbocycles. The van der Waals surface area contributed by atoms with E-state index in [1.165, 1.54) is 16.8 Å². The monoisotopic (exact) mass is 363 g/mol. The first-order valence-corrected chi connectivity index (χ1v) is 9.11. The minimum atomic E-state index is -0.253. The minimum absolute atomic E-state index is 0.124. The van der Waals surface area contributed by atoms with Crippen LogP contribution >= 0.6 is 0 Å². The predicted octanol–water partition coefficient (Wildman–Crippen LogP) is 1.98. The van der Waals surface area contributed by atoms with E-state index in [-0.39, 0.29) is 11.5 Å². The number of carbonyl (C=O) groups is 1. The molecule has 0 bridgehead atoms. The highest BCUT2D eigenvalue weighted by Gasteiger charge is 2.25. The number of para-hydroxylation sites is 1. The molecule has 0 atom stereocenters. The fraction of sp³-hybridized carbons (Fsp3) is 0.300. The summed E-state index contributed by atoms with van der Waals surface area (Å²) in [5.74, 6) is 0.412. The highest BCUT2D eigenvalue weighted by atomic mass is 16.2. The Kier molecular flexibility index (Phi) is 4.82. The van der Waals surface area contributed by atoms with E-state index in [2.05, 4.69) is 14.6 Å². The summed E-state index contributed by atoms with van der Waals surface area (Å²) in [5, 5.41) is 4.30. The molecule has 1 saturated heterocycles. The highest BCUT2D eigenvalue weighted by molar-refractivity contribution is 5.92. The van der Waals surface area contributed by atoms with Crippen LogP contribution in [0.1, 0.15) is 23.3 Å². The Morgan fingerprint density at radius 1 is 1.07 bits per heavy atom. The lowest BCUT2D eigenvalue weighted by Crippen LogP contribution is -2.40. The number of carbonyl (C=O) groups excluding carboxylic acids is 1. The molecule has 7 heteroatoms. The van der Waals surface area contributed by atoms with Gasteiger partial charge in [-0.15, -0.1) is 0 Å². The number of benzene rings is 1. The van der Waals surface area contributed by atoms with Crippen molar-refractivity contribution in [1.29, 1.82) is 0 Å². The second-order valence-corrected chi connectivity index (χ2v) is 6.80. The summed E-state index contributed by atoms with van der Waals surface area (Å²) in [4.78, 5) is 30.9. The van der Waals surface area contributed by atoms with Gasteiger partial charge in [-0.05, 0) is 37.0 Å². The SMILES string of the molecule is O=C(c1ccc(=O)n(-c2ccccc2)n1)N1CCC(Cn2ccnc2)CC1. The number of aromatic nitrogens is 4. The molecule has 0 aliphatic carbocycles. The third-order valence-electron chi connectivity index (χ3n) is 4.95. The van der Waals surface area contributed by atoms with E-state index < -0.39 is 0 Å². The lowest BCUT2D eigenvalue weighted by atomic mass is 9.96. The van der Waals surface area contributed by atoms with Gasteiger partial charge in [-0.1, -0.05) is 18.2 Å². The first-order valence-electron chi connectivity index (χ1n) is 9.11. The van der Waals surface area contributed by atoms with Crippen LogP contribution in [0.4, 0.5) is 0 Å². The predicted molar refractivity (Wildman–Crippen MR) is 101 cm³/mol. The van der Waals surface area contributed by atoms with E-state index in [9.17, 15) is 9.59 Å². The maximum absolute atomic E-state index is 12.9. The zero-order valence-corrected chi connectivity index (χ0v) is 14.9. The Morgan fingerprint density at radius 3 is 2.56 bits per heavy atom. The smallest absolute Gasteiger partial charge is 0.274 e. The summed E-state index contributed by atoms with van der Waals surface area (Å²) in [7, 11) is 0. The van der Waals surface area contributed by atoms with Crippen LogP contribution in [-0.4, -0.2) is 43.2 Å². The molecule has 1 fully saturated rings. The number of piperidine rings is 1. The molecule has 0 spiro atoms. The second kappa shape index (κ2) is 7.57. The lowest BCUT2D eigenvalue weighted by molar-refractivity contribution is 0.0675. The van der Waals surface area contributed by atoms with Gasteiger partial charge in [-0.3, -0.25) is 9.59 Å². The number of imidazole rings is 1. The quantitative estimate of drug-likeness (QED) is 0.710. The van der Waals surface area contributed by atoms with Gasteiger partial charge in [0, 0.05) is 38.1 Å². The summed E-state index contributed by atoms with van der Waals surface area (Å²) in [5.41, 5.74) is 0.694. The van der Waals surface area contributed by atoms with Crippen LogP contribution in [0.25, 0.3) is 5.69 Å². The first kappa shape index (κ1) is 17.2. The molecule has 0 saturated carbocycles. The van der Waals surface area contributed by atoms with Crippen LogP contribution in [0.3, 0.4) is 0 Å². The van der Waals surface area contributed by atoms with Gasteiger partial charge < -0.3 is 9.47 Å². The molecule has 7 nitrogen and oxygen atoms in total. The molecule has 1 aliphatic rings. The third kappa shape index (κ3) is 3.81. The molecule has 2 aromatic heterocycles. The van der Waals surface area contributed by atoms with Crippen molar-refractivity contribution in [3.8, 4) is 5.69 Å². The van der Waals surface area contributed by atoms with Crippen molar-refractivity contribution < 1.29 is 4.79 Å². The zero-order chi connectivity index (χ0) is 18.6. The molecule has 0 N–H and O–H groups in total.